The van der Waals surface area contributed by atoms with Crippen molar-refractivity contribution in [3.8, 4) is 0 Å². The molecule has 2 aromatic rings. The molecule has 0 saturated carbocycles. The van der Waals surface area contributed by atoms with Crippen LogP contribution in [0.3, 0.4) is 0 Å². The molecule has 0 saturated heterocycles. The van der Waals surface area contributed by atoms with Crippen LogP contribution in [0.4, 0.5) is 24.5 Å². The molecule has 1 atom stereocenters. The van der Waals surface area contributed by atoms with Crippen LogP contribution in [0.5, 0.6) is 0 Å². The fourth-order valence-electron chi connectivity index (χ4n) is 1.78. The second-order valence-electron chi connectivity index (χ2n) is 4.75. The van der Waals surface area contributed by atoms with E-state index in [1.165, 1.54) is 19.1 Å². The maximum Gasteiger partial charge on any atom is 0.306 e. The summed E-state index contributed by atoms with van der Waals surface area (Å²) < 4.78 is 39.3. The van der Waals surface area contributed by atoms with Gasteiger partial charge in [-0.1, -0.05) is 0 Å². The molecular weight excluding hydrogens is 345 g/mol. The minimum absolute atomic E-state index is 0.0610. The SMILES string of the molecule is CC(Sc1ccc(F)c(F)c1)C(=O)Nc1ccc(F)c([N+](=O)[O-])c1. The highest BCUT2D eigenvalue weighted by Crippen LogP contribution is 2.27. The molecule has 0 radical (unpaired) electrons. The standard InChI is InChI=1S/C15H11F3N2O3S/c1-8(24-10-3-5-11(16)13(18)7-10)15(21)19-9-2-4-12(17)14(6-9)20(22)23/h2-8H,1H3,(H,19,21). The van der Waals surface area contributed by atoms with E-state index in [2.05, 4.69) is 5.32 Å². The molecule has 2 aromatic carbocycles. The maximum atomic E-state index is 13.2. The molecule has 0 aromatic heterocycles. The van der Waals surface area contributed by atoms with Gasteiger partial charge in [-0.3, -0.25) is 14.9 Å². The zero-order chi connectivity index (χ0) is 17.9. The van der Waals surface area contributed by atoms with Crippen LogP contribution >= 0.6 is 11.8 Å². The summed E-state index contributed by atoms with van der Waals surface area (Å²) in [5.74, 6) is -3.55. The number of nitrogens with one attached hydrogen (secondary N) is 1. The fraction of sp³-hybridized carbons (Fsp3) is 0.133. The van der Waals surface area contributed by atoms with E-state index in [4.69, 9.17) is 0 Å². The third-order valence-electron chi connectivity index (χ3n) is 2.98. The number of rotatable bonds is 5. The molecule has 9 heteroatoms. The molecule has 0 aliphatic rings. The second kappa shape index (κ2) is 7.35. The number of halogens is 3. The van der Waals surface area contributed by atoms with Crippen LogP contribution in [-0.4, -0.2) is 16.1 Å². The molecule has 1 unspecified atom stereocenters. The first-order valence-corrected chi connectivity index (χ1v) is 7.52. The van der Waals surface area contributed by atoms with E-state index in [1.54, 1.807) is 0 Å². The Morgan fingerprint density at radius 3 is 2.42 bits per heavy atom. The number of amides is 1. The van der Waals surface area contributed by atoms with Crippen molar-refractivity contribution < 1.29 is 22.9 Å². The lowest BCUT2D eigenvalue weighted by atomic mass is 10.2. The number of anilines is 1. The molecule has 1 amide bonds. The van der Waals surface area contributed by atoms with Gasteiger partial charge in [0, 0.05) is 16.6 Å². The summed E-state index contributed by atoms with van der Waals surface area (Å²) >= 11 is 0.981. The third kappa shape index (κ3) is 4.25. The van der Waals surface area contributed by atoms with Gasteiger partial charge in [0.2, 0.25) is 11.7 Å². The zero-order valence-electron chi connectivity index (χ0n) is 12.3. The highest BCUT2D eigenvalue weighted by molar-refractivity contribution is 8.00. The van der Waals surface area contributed by atoms with Gasteiger partial charge in [0.15, 0.2) is 11.6 Å². The maximum absolute atomic E-state index is 13.2. The van der Waals surface area contributed by atoms with Crippen molar-refractivity contribution in [2.45, 2.75) is 17.1 Å². The molecular formula is C15H11F3N2O3S. The Morgan fingerprint density at radius 2 is 1.79 bits per heavy atom. The number of nitro groups is 1. The van der Waals surface area contributed by atoms with Crippen molar-refractivity contribution in [3.05, 3.63) is 64.0 Å². The van der Waals surface area contributed by atoms with E-state index in [0.29, 0.717) is 4.90 Å². The Balaban J connectivity index is 2.07. The van der Waals surface area contributed by atoms with Gasteiger partial charge in [-0.05, 0) is 37.3 Å². The summed E-state index contributed by atoms with van der Waals surface area (Å²) in [6.45, 7) is 1.53. The quantitative estimate of drug-likeness (QED) is 0.497. The monoisotopic (exact) mass is 356 g/mol. The van der Waals surface area contributed by atoms with Crippen LogP contribution in [0.25, 0.3) is 0 Å². The van der Waals surface area contributed by atoms with Gasteiger partial charge in [-0.25, -0.2) is 8.78 Å². The van der Waals surface area contributed by atoms with E-state index in [9.17, 15) is 28.1 Å². The van der Waals surface area contributed by atoms with Crippen molar-refractivity contribution in [1.29, 1.82) is 0 Å². The van der Waals surface area contributed by atoms with E-state index in [0.717, 1.165) is 36.0 Å². The molecule has 0 aliphatic carbocycles. The van der Waals surface area contributed by atoms with E-state index in [-0.39, 0.29) is 5.69 Å². The number of nitro benzene ring substituents is 1. The van der Waals surface area contributed by atoms with Crippen molar-refractivity contribution in [1.82, 2.24) is 0 Å². The molecule has 0 spiro atoms. The summed E-state index contributed by atoms with van der Waals surface area (Å²) in [5, 5.41) is 12.4. The Labute approximate surface area is 139 Å². The molecule has 0 bridgehead atoms. The van der Waals surface area contributed by atoms with Gasteiger partial charge >= 0.3 is 5.69 Å². The molecule has 0 heterocycles. The number of nitrogens with zero attached hydrogens (tertiary/aromatic N) is 1. The summed E-state index contributed by atoms with van der Waals surface area (Å²) in [5.41, 5.74) is -0.695. The summed E-state index contributed by atoms with van der Waals surface area (Å²) in [7, 11) is 0. The lowest BCUT2D eigenvalue weighted by Gasteiger charge is -2.12. The number of benzene rings is 2. The first-order valence-electron chi connectivity index (χ1n) is 6.64. The first kappa shape index (κ1) is 17.8. The van der Waals surface area contributed by atoms with Gasteiger partial charge in [0.1, 0.15) is 0 Å². The average Bonchev–Trinajstić information content (AvgIpc) is 2.52. The predicted molar refractivity (Wildman–Crippen MR) is 83.4 cm³/mol. The molecule has 0 fully saturated rings. The van der Waals surface area contributed by atoms with Crippen LogP contribution < -0.4 is 5.32 Å². The number of hydrogen-bond donors (Lipinski definition) is 1. The van der Waals surface area contributed by atoms with Gasteiger partial charge < -0.3 is 5.32 Å². The molecule has 24 heavy (non-hydrogen) atoms. The van der Waals surface area contributed by atoms with Gasteiger partial charge in [-0.15, -0.1) is 11.8 Å². The molecule has 1 N–H and O–H groups in total. The first-order chi connectivity index (χ1) is 11.3. The Hall–Kier alpha value is -2.55. The lowest BCUT2D eigenvalue weighted by Crippen LogP contribution is -2.22. The highest BCUT2D eigenvalue weighted by Gasteiger charge is 2.19. The summed E-state index contributed by atoms with van der Waals surface area (Å²) in [4.78, 5) is 22.2. The normalized spacial score (nSPS) is 11.8. The molecule has 2 rings (SSSR count). The second-order valence-corrected chi connectivity index (χ2v) is 6.16. The van der Waals surface area contributed by atoms with E-state index >= 15 is 0 Å². The van der Waals surface area contributed by atoms with Crippen LogP contribution in [0.2, 0.25) is 0 Å². The predicted octanol–water partition coefficient (Wildman–Crippen LogP) is 4.13. The topological polar surface area (TPSA) is 72.2 Å². The van der Waals surface area contributed by atoms with E-state index in [1.807, 2.05) is 0 Å². The number of thioether (sulfide) groups is 1. The van der Waals surface area contributed by atoms with Crippen LogP contribution in [-0.2, 0) is 4.79 Å². The van der Waals surface area contributed by atoms with Crippen LogP contribution in [0.15, 0.2) is 41.3 Å². The summed E-state index contributed by atoms with van der Waals surface area (Å²) in [6, 6.07) is 6.21. The smallest absolute Gasteiger partial charge is 0.306 e. The Kier molecular flexibility index (Phi) is 5.45. The van der Waals surface area contributed by atoms with Crippen molar-refractivity contribution in [2.75, 3.05) is 5.32 Å². The summed E-state index contributed by atoms with van der Waals surface area (Å²) in [6.07, 6.45) is 0. The largest absolute Gasteiger partial charge is 0.325 e. The minimum Gasteiger partial charge on any atom is -0.325 e. The molecule has 5 nitrogen and oxygen atoms in total. The van der Waals surface area contributed by atoms with Gasteiger partial charge in [0.05, 0.1) is 10.2 Å². The average molecular weight is 356 g/mol. The van der Waals surface area contributed by atoms with Crippen molar-refractivity contribution in [3.63, 3.8) is 0 Å². The van der Waals surface area contributed by atoms with Gasteiger partial charge in [-0.2, -0.15) is 4.39 Å². The van der Waals surface area contributed by atoms with Crippen molar-refractivity contribution >= 4 is 29.0 Å². The molecule has 0 aliphatic heterocycles. The highest BCUT2D eigenvalue weighted by atomic mass is 32.2. The Morgan fingerprint density at radius 1 is 1.12 bits per heavy atom. The van der Waals surface area contributed by atoms with Gasteiger partial charge in [0.25, 0.3) is 0 Å². The third-order valence-corrected chi connectivity index (χ3v) is 4.08. The van der Waals surface area contributed by atoms with Crippen molar-refractivity contribution in [2.24, 2.45) is 0 Å². The fourth-order valence-corrected chi connectivity index (χ4v) is 2.67. The minimum atomic E-state index is -1.03. The van der Waals surface area contributed by atoms with E-state index < -0.39 is 39.2 Å². The zero-order valence-corrected chi connectivity index (χ0v) is 13.1. The Bertz CT molecular complexity index is 802. The molecule has 126 valence electrons. The van der Waals surface area contributed by atoms with Crippen LogP contribution in [0, 0.1) is 27.6 Å². The lowest BCUT2D eigenvalue weighted by molar-refractivity contribution is -0.387. The number of carbonyl (C=O) groups excluding carboxylic acids is 1. The number of carbonyl (C=O) groups is 1. The number of hydrogen-bond acceptors (Lipinski definition) is 4. The van der Waals surface area contributed by atoms with Crippen LogP contribution in [0.1, 0.15) is 6.92 Å².